The number of halogens is 2. The monoisotopic (exact) mass is 224 g/mol. The first-order chi connectivity index (χ1) is 7.58. The van der Waals surface area contributed by atoms with Crippen LogP contribution in [0.2, 0.25) is 0 Å². The van der Waals surface area contributed by atoms with Crippen molar-refractivity contribution in [2.75, 3.05) is 0 Å². The second-order valence-corrected chi connectivity index (χ2v) is 3.53. The molecule has 0 bridgehead atoms. The quantitative estimate of drug-likeness (QED) is 0.844. The minimum Gasteiger partial charge on any atom is -0.382 e. The van der Waals surface area contributed by atoms with Gasteiger partial charge >= 0.3 is 0 Å². The molecule has 0 spiro atoms. The van der Waals surface area contributed by atoms with Gasteiger partial charge in [0.2, 0.25) is 0 Å². The van der Waals surface area contributed by atoms with Crippen LogP contribution in [0.4, 0.5) is 8.78 Å². The molecule has 0 radical (unpaired) electrons. The molecule has 16 heavy (non-hydrogen) atoms. The molecular formula is C11H10F2N2O. The third-order valence-electron chi connectivity index (χ3n) is 2.33. The van der Waals surface area contributed by atoms with Crippen LogP contribution in [0.1, 0.15) is 17.4 Å². The molecule has 0 aliphatic carbocycles. The predicted molar refractivity (Wildman–Crippen MR) is 53.6 cm³/mol. The van der Waals surface area contributed by atoms with Crippen LogP contribution in [0.25, 0.3) is 0 Å². The molecule has 0 saturated heterocycles. The van der Waals surface area contributed by atoms with E-state index in [9.17, 15) is 13.9 Å². The number of aromatic nitrogens is 2. The molecule has 5 heteroatoms. The van der Waals surface area contributed by atoms with Crippen molar-refractivity contribution in [3.63, 3.8) is 0 Å². The standard InChI is InChI=1S/C11H10F2N2O/c1-15-6-14-5-10(15)11(16)7-2-8(12)4-9(13)3-7/h2-6,11,16H,1H3. The van der Waals surface area contributed by atoms with E-state index in [1.807, 2.05) is 0 Å². The molecule has 84 valence electrons. The minimum absolute atomic E-state index is 0.168. The number of imidazole rings is 1. The number of hydrogen-bond acceptors (Lipinski definition) is 2. The second-order valence-electron chi connectivity index (χ2n) is 3.53. The summed E-state index contributed by atoms with van der Waals surface area (Å²) < 4.78 is 27.5. The van der Waals surface area contributed by atoms with E-state index in [0.29, 0.717) is 5.69 Å². The molecule has 3 nitrogen and oxygen atoms in total. The molecule has 2 rings (SSSR count). The Morgan fingerprint density at radius 3 is 2.38 bits per heavy atom. The summed E-state index contributed by atoms with van der Waals surface area (Å²) in [6.07, 6.45) is 1.87. The van der Waals surface area contributed by atoms with Crippen LogP contribution in [0.15, 0.2) is 30.7 Å². The minimum atomic E-state index is -1.09. The van der Waals surface area contributed by atoms with Crippen molar-refractivity contribution in [3.8, 4) is 0 Å². The Balaban J connectivity index is 2.41. The Labute approximate surface area is 91.0 Å². The van der Waals surface area contributed by atoms with Crippen molar-refractivity contribution >= 4 is 0 Å². The van der Waals surface area contributed by atoms with Crippen molar-refractivity contribution in [2.24, 2.45) is 7.05 Å². The third-order valence-corrected chi connectivity index (χ3v) is 2.33. The molecule has 1 aromatic heterocycles. The topological polar surface area (TPSA) is 38.0 Å². The highest BCUT2D eigenvalue weighted by Gasteiger charge is 2.15. The van der Waals surface area contributed by atoms with E-state index in [2.05, 4.69) is 4.98 Å². The van der Waals surface area contributed by atoms with Gasteiger partial charge in [0.25, 0.3) is 0 Å². The zero-order chi connectivity index (χ0) is 11.7. The molecule has 0 saturated carbocycles. The lowest BCUT2D eigenvalue weighted by Gasteiger charge is -2.11. The van der Waals surface area contributed by atoms with E-state index in [-0.39, 0.29) is 5.56 Å². The van der Waals surface area contributed by atoms with Crippen molar-refractivity contribution < 1.29 is 13.9 Å². The second kappa shape index (κ2) is 4.02. The highest BCUT2D eigenvalue weighted by atomic mass is 19.1. The smallest absolute Gasteiger partial charge is 0.126 e. The van der Waals surface area contributed by atoms with E-state index in [1.54, 1.807) is 11.6 Å². The summed E-state index contributed by atoms with van der Waals surface area (Å²) in [5.74, 6) is -1.42. The van der Waals surface area contributed by atoms with Crippen LogP contribution in [0, 0.1) is 11.6 Å². The van der Waals surface area contributed by atoms with E-state index in [4.69, 9.17) is 0 Å². The average molecular weight is 224 g/mol. The maximum atomic E-state index is 13.0. The molecule has 0 amide bonds. The fraction of sp³-hybridized carbons (Fsp3) is 0.182. The Morgan fingerprint density at radius 2 is 1.88 bits per heavy atom. The van der Waals surface area contributed by atoms with Crippen LogP contribution in [-0.2, 0) is 7.05 Å². The van der Waals surface area contributed by atoms with Gasteiger partial charge in [-0.15, -0.1) is 0 Å². The van der Waals surface area contributed by atoms with Gasteiger partial charge in [-0.3, -0.25) is 0 Å². The summed E-state index contributed by atoms with van der Waals surface area (Å²) in [7, 11) is 1.70. The number of hydrogen-bond donors (Lipinski definition) is 1. The zero-order valence-corrected chi connectivity index (χ0v) is 8.56. The first kappa shape index (κ1) is 10.8. The number of rotatable bonds is 2. The van der Waals surface area contributed by atoms with Crippen LogP contribution in [0.3, 0.4) is 0 Å². The summed E-state index contributed by atoms with van der Waals surface area (Å²) in [5, 5.41) is 9.92. The SMILES string of the molecule is Cn1cncc1C(O)c1cc(F)cc(F)c1. The largest absolute Gasteiger partial charge is 0.382 e. The zero-order valence-electron chi connectivity index (χ0n) is 8.56. The van der Waals surface area contributed by atoms with Crippen molar-refractivity contribution in [1.29, 1.82) is 0 Å². The fourth-order valence-corrected chi connectivity index (χ4v) is 1.53. The lowest BCUT2D eigenvalue weighted by atomic mass is 10.1. The van der Waals surface area contributed by atoms with Gasteiger partial charge < -0.3 is 9.67 Å². The summed E-state index contributed by atoms with van der Waals surface area (Å²) in [5.41, 5.74) is 0.645. The highest BCUT2D eigenvalue weighted by Crippen LogP contribution is 2.22. The van der Waals surface area contributed by atoms with Gasteiger partial charge in [-0.05, 0) is 17.7 Å². The Kier molecular flexibility index (Phi) is 2.70. The lowest BCUT2D eigenvalue weighted by molar-refractivity contribution is 0.210. The third kappa shape index (κ3) is 1.94. The van der Waals surface area contributed by atoms with E-state index < -0.39 is 17.7 Å². The van der Waals surface area contributed by atoms with Gasteiger partial charge in [-0.2, -0.15) is 0 Å². The molecule has 1 aromatic carbocycles. The molecule has 1 atom stereocenters. The van der Waals surface area contributed by atoms with Crippen molar-refractivity contribution in [1.82, 2.24) is 9.55 Å². The summed E-state index contributed by atoms with van der Waals surface area (Å²) in [6.45, 7) is 0. The van der Waals surface area contributed by atoms with E-state index in [1.165, 1.54) is 12.5 Å². The Bertz CT molecular complexity index is 490. The molecule has 1 N–H and O–H groups in total. The fourth-order valence-electron chi connectivity index (χ4n) is 1.53. The lowest BCUT2D eigenvalue weighted by Crippen LogP contribution is -2.05. The van der Waals surface area contributed by atoms with Crippen molar-refractivity contribution in [3.05, 3.63) is 53.6 Å². The number of aliphatic hydroxyl groups is 1. The van der Waals surface area contributed by atoms with Gasteiger partial charge in [0.15, 0.2) is 0 Å². The molecule has 0 aliphatic heterocycles. The summed E-state index contributed by atoms with van der Waals surface area (Å²) in [4.78, 5) is 3.83. The predicted octanol–water partition coefficient (Wildman–Crippen LogP) is 1.78. The van der Waals surface area contributed by atoms with Gasteiger partial charge in [0, 0.05) is 13.1 Å². The molecule has 1 unspecified atom stereocenters. The van der Waals surface area contributed by atoms with Crippen LogP contribution in [0.5, 0.6) is 0 Å². The average Bonchev–Trinajstić information content (AvgIpc) is 2.62. The van der Waals surface area contributed by atoms with Crippen molar-refractivity contribution in [2.45, 2.75) is 6.10 Å². The molecule has 2 aromatic rings. The maximum Gasteiger partial charge on any atom is 0.126 e. The molecule has 0 fully saturated rings. The first-order valence-electron chi connectivity index (χ1n) is 4.68. The number of aryl methyl sites for hydroxylation is 1. The highest BCUT2D eigenvalue weighted by molar-refractivity contribution is 5.26. The Hall–Kier alpha value is -1.75. The Morgan fingerprint density at radius 1 is 1.25 bits per heavy atom. The molecule has 1 heterocycles. The van der Waals surface area contributed by atoms with Gasteiger partial charge in [-0.25, -0.2) is 13.8 Å². The van der Waals surface area contributed by atoms with E-state index >= 15 is 0 Å². The summed E-state index contributed by atoms with van der Waals surface area (Å²) >= 11 is 0. The molecule has 0 aliphatic rings. The molecular weight excluding hydrogens is 214 g/mol. The number of nitrogens with zero attached hydrogens (tertiary/aromatic N) is 2. The normalized spacial score (nSPS) is 12.8. The maximum absolute atomic E-state index is 13.0. The van der Waals surface area contributed by atoms with Crippen LogP contribution in [-0.4, -0.2) is 14.7 Å². The van der Waals surface area contributed by atoms with Crippen LogP contribution >= 0.6 is 0 Å². The summed E-state index contributed by atoms with van der Waals surface area (Å²) in [6, 6.07) is 2.96. The van der Waals surface area contributed by atoms with Crippen LogP contribution < -0.4 is 0 Å². The van der Waals surface area contributed by atoms with E-state index in [0.717, 1.165) is 18.2 Å². The van der Waals surface area contributed by atoms with Gasteiger partial charge in [0.1, 0.15) is 17.7 Å². The van der Waals surface area contributed by atoms with Gasteiger partial charge in [0.05, 0.1) is 18.2 Å². The number of aliphatic hydroxyl groups excluding tert-OH is 1. The van der Waals surface area contributed by atoms with Gasteiger partial charge in [-0.1, -0.05) is 0 Å². The first-order valence-corrected chi connectivity index (χ1v) is 4.68. The number of benzene rings is 1.